The quantitative estimate of drug-likeness (QED) is 0.889. The van der Waals surface area contributed by atoms with E-state index >= 15 is 0 Å². The van der Waals surface area contributed by atoms with E-state index in [9.17, 15) is 0 Å². The molecule has 2 rings (SSSR count). The summed E-state index contributed by atoms with van der Waals surface area (Å²) >= 11 is 0. The van der Waals surface area contributed by atoms with Gasteiger partial charge >= 0.3 is 0 Å². The van der Waals surface area contributed by atoms with Gasteiger partial charge in [0, 0.05) is 6.04 Å². The Kier molecular flexibility index (Phi) is 5.00. The molecule has 0 heterocycles. The van der Waals surface area contributed by atoms with Crippen molar-refractivity contribution in [3.05, 3.63) is 35.4 Å². The molecular formula is C17H27NO. The number of nitrogens with two attached hydrogens (primary N) is 1. The summed E-state index contributed by atoms with van der Waals surface area (Å²) in [6.07, 6.45) is 5.47. The van der Waals surface area contributed by atoms with Crippen molar-refractivity contribution in [3.8, 4) is 0 Å². The number of hydrogen-bond acceptors (Lipinski definition) is 2. The summed E-state index contributed by atoms with van der Waals surface area (Å²) in [5, 5.41) is 0. The Balaban J connectivity index is 2.12. The summed E-state index contributed by atoms with van der Waals surface area (Å²) in [6, 6.07) is 8.56. The summed E-state index contributed by atoms with van der Waals surface area (Å²) in [5.74, 6) is 0.653. The zero-order valence-corrected chi connectivity index (χ0v) is 12.4. The van der Waals surface area contributed by atoms with E-state index in [-0.39, 0.29) is 12.1 Å². The van der Waals surface area contributed by atoms with E-state index in [0.29, 0.717) is 12.0 Å². The second-order valence-corrected chi connectivity index (χ2v) is 6.13. The molecule has 2 nitrogen and oxygen atoms in total. The molecule has 0 bridgehead atoms. The van der Waals surface area contributed by atoms with Crippen molar-refractivity contribution < 1.29 is 4.74 Å². The van der Waals surface area contributed by atoms with Gasteiger partial charge in [0.1, 0.15) is 0 Å². The molecule has 1 aliphatic rings. The largest absolute Gasteiger partial charge is 0.368 e. The van der Waals surface area contributed by atoms with Gasteiger partial charge in [0.2, 0.25) is 0 Å². The monoisotopic (exact) mass is 261 g/mol. The molecular weight excluding hydrogens is 234 g/mol. The van der Waals surface area contributed by atoms with Crippen LogP contribution in [0.1, 0.15) is 56.8 Å². The maximum Gasteiger partial charge on any atom is 0.0976 e. The first-order chi connectivity index (χ1) is 9.08. The van der Waals surface area contributed by atoms with E-state index in [1.165, 1.54) is 36.8 Å². The van der Waals surface area contributed by atoms with Crippen molar-refractivity contribution in [2.75, 3.05) is 0 Å². The zero-order valence-electron chi connectivity index (χ0n) is 12.4. The van der Waals surface area contributed by atoms with E-state index in [1.54, 1.807) is 0 Å². The second kappa shape index (κ2) is 6.53. The molecule has 106 valence electrons. The van der Waals surface area contributed by atoms with Gasteiger partial charge in [0.05, 0.1) is 12.2 Å². The molecule has 1 aromatic rings. The minimum absolute atomic E-state index is 0.0189. The second-order valence-electron chi connectivity index (χ2n) is 6.13. The Labute approximate surface area is 117 Å². The molecule has 4 atom stereocenters. The highest BCUT2D eigenvalue weighted by molar-refractivity contribution is 5.25. The zero-order chi connectivity index (χ0) is 13.8. The highest BCUT2D eigenvalue weighted by Gasteiger charge is 2.27. The van der Waals surface area contributed by atoms with Crippen molar-refractivity contribution in [1.82, 2.24) is 0 Å². The average Bonchev–Trinajstić information content (AvgIpc) is 2.37. The third-order valence-electron chi connectivity index (χ3n) is 4.20. The third kappa shape index (κ3) is 3.80. The summed E-state index contributed by atoms with van der Waals surface area (Å²) in [6.45, 7) is 6.46. The lowest BCUT2D eigenvalue weighted by Crippen LogP contribution is -2.34. The first kappa shape index (κ1) is 14.5. The third-order valence-corrected chi connectivity index (χ3v) is 4.20. The van der Waals surface area contributed by atoms with Crippen molar-refractivity contribution >= 4 is 0 Å². The lowest BCUT2D eigenvalue weighted by Gasteiger charge is -2.34. The van der Waals surface area contributed by atoms with Gasteiger partial charge in [-0.3, -0.25) is 0 Å². The van der Waals surface area contributed by atoms with Crippen molar-refractivity contribution in [2.45, 2.75) is 64.7 Å². The molecule has 1 aliphatic carbocycles. The minimum Gasteiger partial charge on any atom is -0.368 e. The van der Waals surface area contributed by atoms with Crippen LogP contribution in [-0.4, -0.2) is 12.1 Å². The molecule has 1 fully saturated rings. The molecule has 0 radical (unpaired) electrons. The molecule has 0 spiro atoms. The Morgan fingerprint density at radius 3 is 2.63 bits per heavy atom. The molecule has 0 saturated heterocycles. The average molecular weight is 261 g/mol. The molecule has 2 N–H and O–H groups in total. The number of aryl methyl sites for hydroxylation is 1. The van der Waals surface area contributed by atoms with Crippen LogP contribution in [0.2, 0.25) is 0 Å². The SMILES string of the molecule is Cc1cccc(C(OC2CCCCC2C)C(C)N)c1. The Bertz CT molecular complexity index is 402. The summed E-state index contributed by atoms with van der Waals surface area (Å²) in [5.41, 5.74) is 8.64. The Hall–Kier alpha value is -0.860. The number of benzene rings is 1. The maximum atomic E-state index is 6.38. The molecule has 0 amide bonds. The van der Waals surface area contributed by atoms with Gasteiger partial charge in [0.25, 0.3) is 0 Å². The molecule has 0 aliphatic heterocycles. The maximum absolute atomic E-state index is 6.38. The molecule has 2 heteroatoms. The fraction of sp³-hybridized carbons (Fsp3) is 0.647. The van der Waals surface area contributed by atoms with Crippen LogP contribution in [0, 0.1) is 12.8 Å². The van der Waals surface area contributed by atoms with Crippen LogP contribution >= 0.6 is 0 Å². The van der Waals surface area contributed by atoms with E-state index in [2.05, 4.69) is 38.1 Å². The van der Waals surface area contributed by atoms with Crippen LogP contribution in [0.4, 0.5) is 0 Å². The number of hydrogen-bond donors (Lipinski definition) is 1. The van der Waals surface area contributed by atoms with Gasteiger partial charge in [-0.2, -0.15) is 0 Å². The Morgan fingerprint density at radius 2 is 2.00 bits per heavy atom. The van der Waals surface area contributed by atoms with Gasteiger partial charge in [-0.05, 0) is 38.2 Å². The smallest absolute Gasteiger partial charge is 0.0976 e. The van der Waals surface area contributed by atoms with E-state index in [1.807, 2.05) is 6.92 Å². The number of rotatable bonds is 4. The molecule has 1 saturated carbocycles. The topological polar surface area (TPSA) is 35.2 Å². The van der Waals surface area contributed by atoms with Crippen LogP contribution in [0.15, 0.2) is 24.3 Å². The normalized spacial score (nSPS) is 26.9. The van der Waals surface area contributed by atoms with Gasteiger partial charge in [-0.15, -0.1) is 0 Å². The molecule has 0 aromatic heterocycles. The summed E-state index contributed by atoms with van der Waals surface area (Å²) < 4.78 is 6.38. The fourth-order valence-corrected chi connectivity index (χ4v) is 3.03. The van der Waals surface area contributed by atoms with E-state index < -0.39 is 0 Å². The van der Waals surface area contributed by atoms with Crippen molar-refractivity contribution in [3.63, 3.8) is 0 Å². The van der Waals surface area contributed by atoms with Gasteiger partial charge in [0.15, 0.2) is 0 Å². The molecule has 1 aromatic carbocycles. The predicted molar refractivity (Wildman–Crippen MR) is 80.1 cm³/mol. The first-order valence-electron chi connectivity index (χ1n) is 7.55. The highest BCUT2D eigenvalue weighted by atomic mass is 16.5. The minimum atomic E-state index is 0.0189. The van der Waals surface area contributed by atoms with Gasteiger partial charge < -0.3 is 10.5 Å². The van der Waals surface area contributed by atoms with Crippen LogP contribution in [0.3, 0.4) is 0 Å². The van der Waals surface area contributed by atoms with E-state index in [4.69, 9.17) is 10.5 Å². The standard InChI is InChI=1S/C17H27NO/c1-12-7-6-9-15(11-12)17(14(3)18)19-16-10-5-4-8-13(16)2/h6-7,9,11,13-14,16-17H,4-5,8,10,18H2,1-3H3. The summed E-state index contributed by atoms with van der Waals surface area (Å²) in [4.78, 5) is 0. The predicted octanol–water partition coefficient (Wildman–Crippen LogP) is 3.98. The van der Waals surface area contributed by atoms with E-state index in [0.717, 1.165) is 0 Å². The Morgan fingerprint density at radius 1 is 1.26 bits per heavy atom. The van der Waals surface area contributed by atoms with Gasteiger partial charge in [-0.1, -0.05) is 49.6 Å². The van der Waals surface area contributed by atoms with Crippen LogP contribution in [0.25, 0.3) is 0 Å². The molecule has 4 unspecified atom stereocenters. The first-order valence-corrected chi connectivity index (χ1v) is 7.55. The molecule has 19 heavy (non-hydrogen) atoms. The van der Waals surface area contributed by atoms with Gasteiger partial charge in [-0.25, -0.2) is 0 Å². The van der Waals surface area contributed by atoms with Crippen LogP contribution in [-0.2, 0) is 4.74 Å². The van der Waals surface area contributed by atoms with Crippen LogP contribution in [0.5, 0.6) is 0 Å². The highest BCUT2D eigenvalue weighted by Crippen LogP contribution is 2.32. The lowest BCUT2D eigenvalue weighted by molar-refractivity contribution is -0.0651. The van der Waals surface area contributed by atoms with Crippen molar-refractivity contribution in [1.29, 1.82) is 0 Å². The van der Waals surface area contributed by atoms with Crippen LogP contribution < -0.4 is 5.73 Å². The van der Waals surface area contributed by atoms with Crippen molar-refractivity contribution in [2.24, 2.45) is 11.7 Å². The lowest BCUT2D eigenvalue weighted by atomic mass is 9.87. The fourth-order valence-electron chi connectivity index (χ4n) is 3.03. The summed E-state index contributed by atoms with van der Waals surface area (Å²) in [7, 11) is 0. The number of ether oxygens (including phenoxy) is 1.